The van der Waals surface area contributed by atoms with E-state index in [1.54, 1.807) is 4.57 Å². The summed E-state index contributed by atoms with van der Waals surface area (Å²) < 4.78 is 7.89. The van der Waals surface area contributed by atoms with Crippen LogP contribution in [-0.4, -0.2) is 17.8 Å². The molecule has 0 fully saturated rings. The van der Waals surface area contributed by atoms with Gasteiger partial charge < -0.3 is 9.64 Å². The van der Waals surface area contributed by atoms with Crippen molar-refractivity contribution in [3.8, 4) is 5.75 Å². The van der Waals surface area contributed by atoms with Gasteiger partial charge >= 0.3 is 0 Å². The fourth-order valence-electron chi connectivity index (χ4n) is 2.89. The van der Waals surface area contributed by atoms with Crippen LogP contribution >= 0.6 is 11.3 Å². The van der Waals surface area contributed by atoms with Crippen LogP contribution in [0.4, 0.5) is 5.69 Å². The Hall–Kier alpha value is -2.86. The summed E-state index contributed by atoms with van der Waals surface area (Å²) in [6.45, 7) is 3.68. The van der Waals surface area contributed by atoms with Crippen molar-refractivity contribution in [1.29, 1.82) is 0 Å². The highest BCUT2D eigenvalue weighted by Gasteiger charge is 2.15. The average Bonchev–Trinajstić information content (AvgIpc) is 2.99. The molecule has 1 aliphatic rings. The van der Waals surface area contributed by atoms with Gasteiger partial charge in [-0.3, -0.25) is 9.36 Å². The van der Waals surface area contributed by atoms with Crippen molar-refractivity contribution in [2.24, 2.45) is 4.99 Å². The Bertz CT molecular complexity index is 1070. The summed E-state index contributed by atoms with van der Waals surface area (Å²) in [7, 11) is 0. The largest absolute Gasteiger partial charge is 0.494 e. The number of para-hydroxylation sites is 1. The molecule has 0 aliphatic carbocycles. The zero-order valence-electron chi connectivity index (χ0n) is 14.5. The van der Waals surface area contributed by atoms with Gasteiger partial charge in [0.2, 0.25) is 0 Å². The first-order valence-corrected chi connectivity index (χ1v) is 9.35. The summed E-state index contributed by atoms with van der Waals surface area (Å²) in [5.41, 5.74) is 2.05. The van der Waals surface area contributed by atoms with Gasteiger partial charge in [0.15, 0.2) is 4.80 Å². The van der Waals surface area contributed by atoms with Gasteiger partial charge in [0, 0.05) is 5.69 Å². The number of ether oxygens (including phenoxy) is 1. The predicted octanol–water partition coefficient (Wildman–Crippen LogP) is 2.19. The SMILES string of the molecule is CCOc1ccc(C=c2sc3n(c2=O)CN(c2ccccc2)CN=3)cc1. The maximum atomic E-state index is 12.8. The van der Waals surface area contributed by atoms with E-state index >= 15 is 0 Å². The molecule has 4 rings (SSSR count). The number of hydrogen-bond donors (Lipinski definition) is 0. The van der Waals surface area contributed by atoms with Gasteiger partial charge in [0.1, 0.15) is 19.1 Å². The van der Waals surface area contributed by atoms with Gasteiger partial charge in [-0.2, -0.15) is 0 Å². The lowest BCUT2D eigenvalue weighted by molar-refractivity contribution is 0.340. The third-order valence-corrected chi connectivity index (χ3v) is 5.23. The molecule has 1 aliphatic heterocycles. The van der Waals surface area contributed by atoms with Crippen LogP contribution in [0.2, 0.25) is 0 Å². The van der Waals surface area contributed by atoms with Crippen LogP contribution in [0.1, 0.15) is 12.5 Å². The fraction of sp³-hybridized carbons (Fsp3) is 0.200. The van der Waals surface area contributed by atoms with Gasteiger partial charge in [-0.05, 0) is 42.8 Å². The van der Waals surface area contributed by atoms with E-state index in [-0.39, 0.29) is 5.56 Å². The average molecular weight is 365 g/mol. The number of hydrogen-bond acceptors (Lipinski definition) is 5. The van der Waals surface area contributed by atoms with Crippen LogP contribution in [0.25, 0.3) is 6.08 Å². The molecule has 0 saturated heterocycles. The summed E-state index contributed by atoms with van der Waals surface area (Å²) in [5.74, 6) is 0.834. The van der Waals surface area contributed by atoms with Crippen molar-refractivity contribution in [2.45, 2.75) is 13.6 Å². The molecule has 0 atom stereocenters. The molecule has 26 heavy (non-hydrogen) atoms. The molecule has 2 aromatic carbocycles. The monoisotopic (exact) mass is 365 g/mol. The molecule has 0 N–H and O–H groups in total. The highest BCUT2D eigenvalue weighted by atomic mass is 32.1. The van der Waals surface area contributed by atoms with Crippen molar-refractivity contribution in [1.82, 2.24) is 4.57 Å². The van der Waals surface area contributed by atoms with Gasteiger partial charge in [-0.25, -0.2) is 4.99 Å². The Kier molecular flexibility index (Phi) is 4.58. The van der Waals surface area contributed by atoms with Crippen LogP contribution in [0.3, 0.4) is 0 Å². The maximum absolute atomic E-state index is 12.8. The number of anilines is 1. The molecule has 0 spiro atoms. The zero-order chi connectivity index (χ0) is 17.9. The summed E-state index contributed by atoms with van der Waals surface area (Å²) in [6, 6.07) is 17.8. The molecule has 0 saturated carbocycles. The number of thiazole rings is 1. The second-order valence-corrected chi connectivity index (χ2v) is 6.95. The predicted molar refractivity (Wildman–Crippen MR) is 104 cm³/mol. The Morgan fingerprint density at radius 2 is 1.92 bits per heavy atom. The molecule has 0 radical (unpaired) electrons. The van der Waals surface area contributed by atoms with E-state index in [9.17, 15) is 4.79 Å². The van der Waals surface area contributed by atoms with Gasteiger partial charge in [0.25, 0.3) is 5.56 Å². The van der Waals surface area contributed by atoms with Crippen LogP contribution in [-0.2, 0) is 6.67 Å². The number of benzene rings is 2. The van der Waals surface area contributed by atoms with Crippen molar-refractivity contribution in [3.05, 3.63) is 79.8 Å². The number of aromatic nitrogens is 1. The molecule has 132 valence electrons. The molecular weight excluding hydrogens is 346 g/mol. The molecule has 0 bridgehead atoms. The smallest absolute Gasteiger partial charge is 0.271 e. The highest BCUT2D eigenvalue weighted by Crippen LogP contribution is 2.15. The van der Waals surface area contributed by atoms with E-state index in [1.165, 1.54) is 11.3 Å². The van der Waals surface area contributed by atoms with Crippen LogP contribution < -0.4 is 24.5 Å². The Labute approximate surface area is 155 Å². The van der Waals surface area contributed by atoms with E-state index in [2.05, 4.69) is 9.89 Å². The minimum Gasteiger partial charge on any atom is -0.494 e. The van der Waals surface area contributed by atoms with E-state index in [0.717, 1.165) is 21.8 Å². The van der Waals surface area contributed by atoms with Crippen LogP contribution in [0, 0.1) is 0 Å². The van der Waals surface area contributed by atoms with Gasteiger partial charge in [-0.15, -0.1) is 0 Å². The van der Waals surface area contributed by atoms with Crippen molar-refractivity contribution in [3.63, 3.8) is 0 Å². The van der Waals surface area contributed by atoms with Crippen molar-refractivity contribution in [2.75, 3.05) is 18.2 Å². The standard InChI is InChI=1S/C20H19N3O2S/c1-2-25-17-10-8-15(9-11-17)12-18-19(24)23-14-22(13-21-20(23)26-18)16-6-4-3-5-7-16/h3-12H,2,13-14H2,1H3. The van der Waals surface area contributed by atoms with E-state index < -0.39 is 0 Å². The normalized spacial score (nSPS) is 14.0. The molecule has 3 aromatic rings. The molecule has 5 nitrogen and oxygen atoms in total. The molecule has 0 unspecified atom stereocenters. The number of nitrogens with zero attached hydrogens (tertiary/aromatic N) is 3. The third kappa shape index (κ3) is 3.28. The number of fused-ring (bicyclic) bond motifs is 1. The zero-order valence-corrected chi connectivity index (χ0v) is 15.3. The maximum Gasteiger partial charge on any atom is 0.271 e. The lowest BCUT2D eigenvalue weighted by Gasteiger charge is -2.25. The third-order valence-electron chi connectivity index (χ3n) is 4.19. The summed E-state index contributed by atoms with van der Waals surface area (Å²) in [6.07, 6.45) is 1.91. The molecule has 1 aromatic heterocycles. The highest BCUT2D eigenvalue weighted by molar-refractivity contribution is 7.07. The van der Waals surface area contributed by atoms with E-state index in [4.69, 9.17) is 4.74 Å². The minimum absolute atomic E-state index is 0.00302. The second-order valence-electron chi connectivity index (χ2n) is 5.94. The topological polar surface area (TPSA) is 46.8 Å². The fourth-order valence-corrected chi connectivity index (χ4v) is 3.85. The first kappa shape index (κ1) is 16.6. The van der Waals surface area contributed by atoms with E-state index in [0.29, 0.717) is 24.5 Å². The van der Waals surface area contributed by atoms with Crippen molar-refractivity contribution >= 4 is 23.1 Å². The second kappa shape index (κ2) is 7.17. The quantitative estimate of drug-likeness (QED) is 0.712. The lowest BCUT2D eigenvalue weighted by atomic mass is 10.2. The molecule has 6 heteroatoms. The van der Waals surface area contributed by atoms with Crippen LogP contribution in [0.5, 0.6) is 5.75 Å². The first-order chi connectivity index (χ1) is 12.7. The summed E-state index contributed by atoms with van der Waals surface area (Å²) in [4.78, 5) is 20.2. The van der Waals surface area contributed by atoms with Crippen LogP contribution in [0.15, 0.2) is 64.4 Å². The minimum atomic E-state index is 0.00302. The summed E-state index contributed by atoms with van der Waals surface area (Å²) in [5, 5.41) is 0. The molecule has 0 amide bonds. The first-order valence-electron chi connectivity index (χ1n) is 8.53. The molecule has 2 heterocycles. The molecular formula is C20H19N3O2S. The Balaban J connectivity index is 1.65. The Morgan fingerprint density at radius 3 is 2.65 bits per heavy atom. The van der Waals surface area contributed by atoms with E-state index in [1.807, 2.05) is 67.6 Å². The van der Waals surface area contributed by atoms with Gasteiger partial charge in [-0.1, -0.05) is 41.7 Å². The summed E-state index contributed by atoms with van der Waals surface area (Å²) >= 11 is 1.44. The van der Waals surface area contributed by atoms with Gasteiger partial charge in [0.05, 0.1) is 11.1 Å². The lowest BCUT2D eigenvalue weighted by Crippen LogP contribution is -2.42. The Morgan fingerprint density at radius 1 is 1.15 bits per heavy atom. The number of rotatable bonds is 4. The van der Waals surface area contributed by atoms with Crippen molar-refractivity contribution < 1.29 is 4.74 Å².